The van der Waals surface area contributed by atoms with Gasteiger partial charge in [0.15, 0.2) is 0 Å². The average Bonchev–Trinajstić information content (AvgIpc) is 2.18. The first kappa shape index (κ1) is 19.1. The second kappa shape index (κ2) is 12.2. The van der Waals surface area contributed by atoms with Crippen LogP contribution in [0.15, 0.2) is 0 Å². The number of hydrogen-bond acceptors (Lipinski definition) is 7. The molecule has 0 radical (unpaired) electrons. The molecule has 0 aromatic carbocycles. The third-order valence-electron chi connectivity index (χ3n) is 1.58. The Bertz CT molecular complexity index is 138. The number of rotatable bonds is 8. The van der Waals surface area contributed by atoms with Gasteiger partial charge in [-0.1, -0.05) is 0 Å². The second-order valence-corrected chi connectivity index (χ2v) is 3.77. The largest absolute Gasteiger partial charge is 0.395 e. The van der Waals surface area contributed by atoms with Crippen LogP contribution in [0.25, 0.3) is 0 Å². The van der Waals surface area contributed by atoms with Crippen LogP contribution in [0.1, 0.15) is 6.92 Å². The summed E-state index contributed by atoms with van der Waals surface area (Å²) in [5.41, 5.74) is 3.90. The molecule has 0 saturated heterocycles. The van der Waals surface area contributed by atoms with Crippen LogP contribution in [0, 0.1) is 0 Å². The van der Waals surface area contributed by atoms with E-state index >= 15 is 0 Å². The lowest BCUT2D eigenvalue weighted by molar-refractivity contribution is -0.0116. The fourth-order valence-electron chi connectivity index (χ4n) is 0.999. The average molecular weight is 254 g/mol. The molecule has 0 aromatic heterocycles. The number of nitrogens with two attached hydrogens (primary N) is 1. The highest BCUT2D eigenvalue weighted by atomic mass is 16.5. The molecule has 5 N–H and O–H groups in total. The highest BCUT2D eigenvalue weighted by Gasteiger charge is 2.10. The topological polar surface area (TPSA) is 108 Å². The monoisotopic (exact) mass is 254 g/mol. The summed E-state index contributed by atoms with van der Waals surface area (Å²) in [7, 11) is 3.07. The second-order valence-electron chi connectivity index (χ2n) is 3.77. The molecule has 0 aliphatic rings. The van der Waals surface area contributed by atoms with E-state index in [4.69, 9.17) is 25.8 Å². The van der Waals surface area contributed by atoms with Crippen LogP contribution in [-0.4, -0.2) is 79.8 Å². The van der Waals surface area contributed by atoms with Gasteiger partial charge in [0.05, 0.1) is 26.6 Å². The van der Waals surface area contributed by atoms with Gasteiger partial charge in [-0.3, -0.25) is 4.90 Å². The molecular weight excluding hydrogens is 228 g/mol. The molecule has 1 atom stereocenters. The molecule has 0 rings (SSSR count). The number of methoxy groups -OCH3 is 2. The van der Waals surface area contributed by atoms with E-state index in [-0.39, 0.29) is 19.8 Å². The van der Waals surface area contributed by atoms with Crippen LogP contribution >= 0.6 is 0 Å². The van der Waals surface area contributed by atoms with E-state index in [2.05, 4.69) is 4.74 Å². The Hall–Kier alpha value is -0.280. The Morgan fingerprint density at radius 1 is 1.12 bits per heavy atom. The summed E-state index contributed by atoms with van der Waals surface area (Å²) in [5, 5.41) is 25.7. The van der Waals surface area contributed by atoms with Crippen LogP contribution in [0.3, 0.4) is 0 Å². The minimum atomic E-state index is -1.17. The minimum Gasteiger partial charge on any atom is -0.395 e. The van der Waals surface area contributed by atoms with Gasteiger partial charge in [0.1, 0.15) is 5.72 Å². The highest BCUT2D eigenvalue weighted by Crippen LogP contribution is 1.89. The zero-order chi connectivity index (χ0) is 13.7. The van der Waals surface area contributed by atoms with Crippen molar-refractivity contribution in [1.29, 1.82) is 0 Å². The van der Waals surface area contributed by atoms with E-state index in [1.807, 2.05) is 4.90 Å². The number of aliphatic hydroxyl groups is 3. The molecule has 7 heteroatoms. The number of hydrogen-bond donors (Lipinski definition) is 4. The van der Waals surface area contributed by atoms with Gasteiger partial charge < -0.3 is 30.5 Å². The number of nitrogens with zero attached hydrogens (tertiary/aromatic N) is 1. The number of ether oxygens (including phenoxy) is 2. The van der Waals surface area contributed by atoms with Crippen LogP contribution in [-0.2, 0) is 9.47 Å². The Morgan fingerprint density at radius 3 is 1.76 bits per heavy atom. The highest BCUT2D eigenvalue weighted by molar-refractivity contribution is 4.58. The first-order valence-corrected chi connectivity index (χ1v) is 5.34. The summed E-state index contributed by atoms with van der Waals surface area (Å²) in [5.74, 6) is 0. The fraction of sp³-hybridized carbons (Fsp3) is 1.00. The molecule has 0 bridgehead atoms. The predicted octanol–water partition coefficient (Wildman–Crippen LogP) is -1.82. The van der Waals surface area contributed by atoms with Gasteiger partial charge >= 0.3 is 0 Å². The molecular formula is C10H26N2O5. The van der Waals surface area contributed by atoms with Gasteiger partial charge in [-0.25, -0.2) is 0 Å². The summed E-state index contributed by atoms with van der Waals surface area (Å²) in [6.45, 7) is 3.42. The van der Waals surface area contributed by atoms with E-state index in [1.54, 1.807) is 7.11 Å². The summed E-state index contributed by atoms with van der Waals surface area (Å²) in [6.07, 6.45) is 0. The van der Waals surface area contributed by atoms with Crippen molar-refractivity contribution in [2.24, 2.45) is 5.73 Å². The van der Waals surface area contributed by atoms with Crippen molar-refractivity contribution < 1.29 is 24.8 Å². The molecule has 1 unspecified atom stereocenters. The lowest BCUT2D eigenvalue weighted by Gasteiger charge is -2.18. The molecule has 0 heterocycles. The number of aliphatic hydroxyl groups excluding tert-OH is 2. The van der Waals surface area contributed by atoms with E-state index in [0.29, 0.717) is 19.8 Å². The quantitative estimate of drug-likeness (QED) is 0.378. The van der Waals surface area contributed by atoms with Crippen molar-refractivity contribution in [3.05, 3.63) is 0 Å². The molecule has 0 amide bonds. The van der Waals surface area contributed by atoms with Gasteiger partial charge in [0.2, 0.25) is 0 Å². The van der Waals surface area contributed by atoms with Gasteiger partial charge in [-0.05, 0) is 6.92 Å². The molecule has 0 fully saturated rings. The molecule has 0 saturated carbocycles. The van der Waals surface area contributed by atoms with E-state index in [0.717, 1.165) is 0 Å². The summed E-state index contributed by atoms with van der Waals surface area (Å²) < 4.78 is 9.34. The van der Waals surface area contributed by atoms with E-state index in [1.165, 1.54) is 14.0 Å². The first-order chi connectivity index (χ1) is 7.91. The van der Waals surface area contributed by atoms with Crippen LogP contribution in [0.5, 0.6) is 0 Å². The fourth-order valence-corrected chi connectivity index (χ4v) is 0.999. The first-order valence-electron chi connectivity index (χ1n) is 5.34. The van der Waals surface area contributed by atoms with E-state index < -0.39 is 5.72 Å². The molecule has 0 spiro atoms. The normalized spacial score (nSPS) is 14.1. The van der Waals surface area contributed by atoms with Gasteiger partial charge in [-0.15, -0.1) is 0 Å². The maximum atomic E-state index is 8.67. The van der Waals surface area contributed by atoms with E-state index in [9.17, 15) is 0 Å². The van der Waals surface area contributed by atoms with Crippen molar-refractivity contribution in [3.8, 4) is 0 Å². The zero-order valence-electron chi connectivity index (χ0n) is 10.9. The van der Waals surface area contributed by atoms with Crippen molar-refractivity contribution in [3.63, 3.8) is 0 Å². The maximum Gasteiger partial charge on any atom is 0.134 e. The maximum absolute atomic E-state index is 8.67. The molecule has 0 aliphatic carbocycles. The van der Waals surface area contributed by atoms with Crippen LogP contribution in [0.4, 0.5) is 0 Å². The van der Waals surface area contributed by atoms with Crippen molar-refractivity contribution in [2.45, 2.75) is 12.6 Å². The van der Waals surface area contributed by atoms with Crippen LogP contribution < -0.4 is 5.73 Å². The lowest BCUT2D eigenvalue weighted by atomic mass is 10.3. The van der Waals surface area contributed by atoms with Crippen molar-refractivity contribution in [2.75, 3.05) is 53.9 Å². The third kappa shape index (κ3) is 18.3. The van der Waals surface area contributed by atoms with Gasteiger partial charge in [0.25, 0.3) is 0 Å². The Balaban J connectivity index is 0. The molecule has 0 aromatic rings. The van der Waals surface area contributed by atoms with Gasteiger partial charge in [0, 0.05) is 27.3 Å². The lowest BCUT2D eigenvalue weighted by Crippen LogP contribution is -2.40. The van der Waals surface area contributed by atoms with Crippen molar-refractivity contribution >= 4 is 0 Å². The SMILES string of the molecule is COCC(C)(N)O.COCN(CCO)CCO. The standard InChI is InChI=1S/C6H15NO3.C4H11NO2/c1-10-6-7(2-4-8)3-5-9;1-4(5,6)3-7-2/h8-9H,2-6H2,1H3;6H,3,5H2,1-2H3. The molecule has 0 aliphatic heterocycles. The third-order valence-corrected chi connectivity index (χ3v) is 1.58. The van der Waals surface area contributed by atoms with Crippen LogP contribution in [0.2, 0.25) is 0 Å². The molecule has 7 nitrogen and oxygen atoms in total. The predicted molar refractivity (Wildman–Crippen MR) is 64.3 cm³/mol. The van der Waals surface area contributed by atoms with Gasteiger partial charge in [-0.2, -0.15) is 0 Å². The Morgan fingerprint density at radius 2 is 1.59 bits per heavy atom. The Kier molecular flexibility index (Phi) is 13.7. The Labute approximate surface area is 103 Å². The zero-order valence-corrected chi connectivity index (χ0v) is 10.9. The summed E-state index contributed by atoms with van der Waals surface area (Å²) >= 11 is 0. The summed E-state index contributed by atoms with van der Waals surface area (Å²) in [6, 6.07) is 0. The smallest absolute Gasteiger partial charge is 0.134 e. The summed E-state index contributed by atoms with van der Waals surface area (Å²) in [4.78, 5) is 1.82. The minimum absolute atomic E-state index is 0.101. The molecule has 106 valence electrons. The van der Waals surface area contributed by atoms with Crippen molar-refractivity contribution in [1.82, 2.24) is 4.90 Å². The molecule has 17 heavy (non-hydrogen) atoms.